The zero-order valence-electron chi connectivity index (χ0n) is 16.6. The molecule has 5 rings (SSSR count). The minimum atomic E-state index is -0.832. The number of hydrogen-bond donors (Lipinski definition) is 0. The maximum absolute atomic E-state index is 12.4. The third-order valence-electron chi connectivity index (χ3n) is 7.51. The second kappa shape index (κ2) is 6.01. The van der Waals surface area contributed by atoms with Crippen LogP contribution in [0.15, 0.2) is 30.5 Å². The van der Waals surface area contributed by atoms with Crippen molar-refractivity contribution in [3.8, 4) is 0 Å². The fourth-order valence-corrected chi connectivity index (χ4v) is 6.61. The number of pyridine rings is 1. The topological polar surface area (TPSA) is 48.4 Å². The van der Waals surface area contributed by atoms with Crippen molar-refractivity contribution in [2.75, 3.05) is 0 Å². The number of aldehydes is 1. The Balaban J connectivity index is 1.57. The maximum atomic E-state index is 12.4. The van der Waals surface area contributed by atoms with Crippen molar-refractivity contribution in [1.82, 2.24) is 4.98 Å². The molecule has 0 N–H and O–H groups in total. The van der Waals surface area contributed by atoms with Crippen LogP contribution < -0.4 is 0 Å². The molecule has 1 saturated heterocycles. The Hall–Kier alpha value is -1.49. The average molecular weight is 400 g/mol. The van der Waals surface area contributed by atoms with Gasteiger partial charge in [0, 0.05) is 17.5 Å². The summed E-state index contributed by atoms with van der Waals surface area (Å²) >= 11 is 6.36. The van der Waals surface area contributed by atoms with Gasteiger partial charge in [0.05, 0.1) is 6.10 Å². The molecule has 148 valence electrons. The lowest BCUT2D eigenvalue weighted by atomic mass is 9.58. The lowest BCUT2D eigenvalue weighted by Gasteiger charge is -2.49. The number of aromatic nitrogens is 1. The minimum Gasteiger partial charge on any atom is -0.344 e. The molecule has 2 aliphatic carbocycles. The summed E-state index contributed by atoms with van der Waals surface area (Å²) in [5, 5.41) is 2.64. The second-order valence-corrected chi connectivity index (χ2v) is 9.75. The highest BCUT2D eigenvalue weighted by atomic mass is 35.5. The van der Waals surface area contributed by atoms with Gasteiger partial charge in [-0.05, 0) is 73.9 Å². The molecular weight excluding hydrogens is 374 g/mol. The number of carbonyl (C=O) groups excluding carboxylic acids is 1. The van der Waals surface area contributed by atoms with E-state index in [0.29, 0.717) is 11.1 Å². The molecule has 5 atom stereocenters. The predicted molar refractivity (Wildman–Crippen MR) is 108 cm³/mol. The summed E-state index contributed by atoms with van der Waals surface area (Å²) in [4.78, 5) is 16.6. The summed E-state index contributed by atoms with van der Waals surface area (Å²) in [5.41, 5.74) is 0.440. The van der Waals surface area contributed by atoms with E-state index < -0.39 is 11.4 Å². The van der Waals surface area contributed by atoms with Crippen LogP contribution in [0.3, 0.4) is 0 Å². The fourth-order valence-electron chi connectivity index (χ4n) is 6.39. The summed E-state index contributed by atoms with van der Waals surface area (Å²) in [6.45, 7) is 6.16. The Kier molecular flexibility index (Phi) is 3.98. The Bertz CT molecular complexity index is 960. The van der Waals surface area contributed by atoms with Crippen molar-refractivity contribution in [3.63, 3.8) is 0 Å². The van der Waals surface area contributed by atoms with E-state index in [9.17, 15) is 4.79 Å². The van der Waals surface area contributed by atoms with Gasteiger partial charge in [0.25, 0.3) is 0 Å². The molecule has 0 spiro atoms. The molecule has 1 aromatic carbocycles. The van der Waals surface area contributed by atoms with Crippen molar-refractivity contribution in [3.05, 3.63) is 41.2 Å². The van der Waals surface area contributed by atoms with Crippen molar-refractivity contribution in [2.45, 2.75) is 69.9 Å². The number of benzene rings is 1. The number of nitrogens with zero attached hydrogens (tertiary/aromatic N) is 1. The minimum absolute atomic E-state index is 0.0104. The summed E-state index contributed by atoms with van der Waals surface area (Å²) in [7, 11) is 0. The standard InChI is InChI=1S/C23H26ClNO3/c1-21(2)27-19-8-10-22(3)17(6-7-18(22)23(19,13-26)28-21)15-5-4-14-9-11-25-20(24)16(14)12-15/h4-5,9,11-13,17-19H,6-8,10H2,1-3H3/t17-,18-,19-,22-,23+/m1/s1. The number of ether oxygens (including phenoxy) is 2. The first kappa shape index (κ1) is 18.5. The highest BCUT2D eigenvalue weighted by molar-refractivity contribution is 6.34. The second-order valence-electron chi connectivity index (χ2n) is 9.39. The van der Waals surface area contributed by atoms with E-state index >= 15 is 0 Å². The van der Waals surface area contributed by atoms with Gasteiger partial charge in [-0.2, -0.15) is 0 Å². The van der Waals surface area contributed by atoms with Gasteiger partial charge in [-0.15, -0.1) is 0 Å². The van der Waals surface area contributed by atoms with Gasteiger partial charge in [0.1, 0.15) is 5.15 Å². The maximum Gasteiger partial charge on any atom is 0.164 e. The van der Waals surface area contributed by atoms with Crippen LogP contribution in [-0.4, -0.2) is 28.8 Å². The number of fused-ring (bicyclic) bond motifs is 4. The molecule has 3 aliphatic rings. The quantitative estimate of drug-likeness (QED) is 0.509. The normalized spacial score (nSPS) is 38.9. The average Bonchev–Trinajstić information content (AvgIpc) is 3.15. The van der Waals surface area contributed by atoms with Gasteiger partial charge < -0.3 is 14.3 Å². The van der Waals surface area contributed by atoms with Crippen LogP contribution in [0.25, 0.3) is 10.8 Å². The summed E-state index contributed by atoms with van der Waals surface area (Å²) in [6, 6.07) is 8.53. The number of rotatable bonds is 2. The Morgan fingerprint density at radius 3 is 2.79 bits per heavy atom. The van der Waals surface area contributed by atoms with E-state index in [1.54, 1.807) is 6.20 Å². The molecule has 0 amide bonds. The van der Waals surface area contributed by atoms with Crippen LogP contribution in [0.1, 0.15) is 57.9 Å². The first-order chi connectivity index (χ1) is 13.3. The van der Waals surface area contributed by atoms with Gasteiger partial charge in [-0.25, -0.2) is 4.98 Å². The SMILES string of the molecule is CC1(C)O[C@@H]2CC[C@]3(C)[C@@H](c4ccc5ccnc(Cl)c5c4)CC[C@H]3[C@]2(C=O)O1. The highest BCUT2D eigenvalue weighted by Gasteiger charge is 2.67. The molecule has 3 fully saturated rings. The summed E-state index contributed by atoms with van der Waals surface area (Å²) in [5.74, 6) is -0.191. The van der Waals surface area contributed by atoms with Crippen LogP contribution in [0.2, 0.25) is 5.15 Å². The molecule has 2 heterocycles. The lowest BCUT2D eigenvalue weighted by molar-refractivity contribution is -0.181. The van der Waals surface area contributed by atoms with Crippen molar-refractivity contribution in [1.29, 1.82) is 0 Å². The third-order valence-corrected chi connectivity index (χ3v) is 7.81. The number of hydrogen-bond acceptors (Lipinski definition) is 4. The Labute approximate surface area is 170 Å². The molecule has 0 unspecified atom stereocenters. The van der Waals surface area contributed by atoms with Crippen molar-refractivity contribution >= 4 is 28.7 Å². The largest absolute Gasteiger partial charge is 0.344 e. The lowest BCUT2D eigenvalue weighted by Crippen LogP contribution is -2.57. The van der Waals surface area contributed by atoms with Gasteiger partial charge in [-0.3, -0.25) is 0 Å². The van der Waals surface area contributed by atoms with Gasteiger partial charge >= 0.3 is 0 Å². The van der Waals surface area contributed by atoms with Gasteiger partial charge in [0.15, 0.2) is 17.7 Å². The van der Waals surface area contributed by atoms with Crippen LogP contribution in [0.4, 0.5) is 0 Å². The van der Waals surface area contributed by atoms with Crippen LogP contribution in [0.5, 0.6) is 0 Å². The first-order valence-corrected chi connectivity index (χ1v) is 10.6. The molecule has 0 radical (unpaired) electrons. The van der Waals surface area contributed by atoms with Crippen LogP contribution in [-0.2, 0) is 14.3 Å². The van der Waals surface area contributed by atoms with E-state index in [4.69, 9.17) is 21.1 Å². The van der Waals surface area contributed by atoms with Crippen molar-refractivity contribution in [2.24, 2.45) is 11.3 Å². The molecule has 2 saturated carbocycles. The molecule has 1 aliphatic heterocycles. The van der Waals surface area contributed by atoms with Crippen LogP contribution in [0, 0.1) is 11.3 Å². The summed E-state index contributed by atoms with van der Waals surface area (Å²) in [6.07, 6.45) is 6.52. The number of halogens is 1. The molecular formula is C23H26ClNO3. The van der Waals surface area contributed by atoms with Crippen molar-refractivity contribution < 1.29 is 14.3 Å². The van der Waals surface area contributed by atoms with E-state index in [1.807, 2.05) is 19.9 Å². The predicted octanol–water partition coefficient (Wildman–Crippen LogP) is 5.27. The smallest absolute Gasteiger partial charge is 0.164 e. The molecule has 2 aromatic rings. The number of carbonyl (C=O) groups is 1. The Morgan fingerprint density at radius 2 is 2.00 bits per heavy atom. The summed E-state index contributed by atoms with van der Waals surface area (Å²) < 4.78 is 12.5. The van der Waals surface area contributed by atoms with E-state index in [-0.39, 0.29) is 17.4 Å². The molecule has 4 nitrogen and oxygen atoms in total. The fraction of sp³-hybridized carbons (Fsp3) is 0.565. The zero-order valence-corrected chi connectivity index (χ0v) is 17.3. The van der Waals surface area contributed by atoms with Gasteiger partial charge in [0.2, 0.25) is 0 Å². The van der Waals surface area contributed by atoms with Crippen LogP contribution >= 0.6 is 11.6 Å². The molecule has 28 heavy (non-hydrogen) atoms. The third kappa shape index (κ3) is 2.44. The molecule has 5 heteroatoms. The Morgan fingerprint density at radius 1 is 1.18 bits per heavy atom. The first-order valence-electron chi connectivity index (χ1n) is 10.2. The van der Waals surface area contributed by atoms with Gasteiger partial charge in [-0.1, -0.05) is 30.7 Å². The van der Waals surface area contributed by atoms with E-state index in [0.717, 1.165) is 42.7 Å². The zero-order chi connectivity index (χ0) is 19.7. The highest BCUT2D eigenvalue weighted by Crippen LogP contribution is 2.65. The van der Waals surface area contributed by atoms with E-state index in [1.165, 1.54) is 5.56 Å². The monoisotopic (exact) mass is 399 g/mol. The molecule has 0 bridgehead atoms. The van der Waals surface area contributed by atoms with E-state index in [2.05, 4.69) is 30.1 Å². The molecule has 1 aromatic heterocycles.